The van der Waals surface area contributed by atoms with Crippen molar-refractivity contribution < 1.29 is 0 Å². The van der Waals surface area contributed by atoms with Crippen LogP contribution in [0.2, 0.25) is 0 Å². The van der Waals surface area contributed by atoms with Crippen LogP contribution in [0, 0.1) is 0 Å². The third-order valence-corrected chi connectivity index (χ3v) is 3.69. The SMILES string of the molecule is NCC12CCCCCN1CCC2. The molecule has 0 spiro atoms. The molecule has 0 aromatic carbocycles. The first-order chi connectivity index (χ1) is 5.87. The fraction of sp³-hybridized carbons (Fsp3) is 1.00. The molecule has 0 amide bonds. The van der Waals surface area contributed by atoms with E-state index in [-0.39, 0.29) is 0 Å². The van der Waals surface area contributed by atoms with Gasteiger partial charge in [0.05, 0.1) is 0 Å². The van der Waals surface area contributed by atoms with Crippen molar-refractivity contribution in [3.8, 4) is 0 Å². The summed E-state index contributed by atoms with van der Waals surface area (Å²) in [5.74, 6) is 0. The van der Waals surface area contributed by atoms with E-state index in [0.717, 1.165) is 6.54 Å². The summed E-state index contributed by atoms with van der Waals surface area (Å²) < 4.78 is 0. The molecule has 2 fully saturated rings. The highest BCUT2D eigenvalue weighted by molar-refractivity contribution is 4.97. The molecule has 2 saturated heterocycles. The molecule has 70 valence electrons. The zero-order valence-corrected chi connectivity index (χ0v) is 7.89. The molecule has 0 bridgehead atoms. The van der Waals surface area contributed by atoms with Gasteiger partial charge in [-0.25, -0.2) is 0 Å². The van der Waals surface area contributed by atoms with E-state index in [1.807, 2.05) is 0 Å². The minimum Gasteiger partial charge on any atom is -0.329 e. The molecule has 0 aromatic heterocycles. The van der Waals surface area contributed by atoms with Crippen molar-refractivity contribution in [3.05, 3.63) is 0 Å². The van der Waals surface area contributed by atoms with Crippen molar-refractivity contribution in [2.24, 2.45) is 5.73 Å². The summed E-state index contributed by atoms with van der Waals surface area (Å²) in [6.07, 6.45) is 8.28. The Kier molecular flexibility index (Phi) is 2.37. The molecule has 2 aliphatic rings. The van der Waals surface area contributed by atoms with Crippen molar-refractivity contribution in [1.82, 2.24) is 4.90 Å². The lowest BCUT2D eigenvalue weighted by Crippen LogP contribution is -2.48. The number of rotatable bonds is 1. The fourth-order valence-corrected chi connectivity index (χ4v) is 2.89. The summed E-state index contributed by atoms with van der Waals surface area (Å²) >= 11 is 0. The summed E-state index contributed by atoms with van der Waals surface area (Å²) in [6, 6.07) is 0. The van der Waals surface area contributed by atoms with Gasteiger partial charge in [-0.2, -0.15) is 0 Å². The van der Waals surface area contributed by atoms with Crippen LogP contribution < -0.4 is 5.73 Å². The first kappa shape index (κ1) is 8.52. The summed E-state index contributed by atoms with van der Waals surface area (Å²) in [6.45, 7) is 3.49. The van der Waals surface area contributed by atoms with E-state index < -0.39 is 0 Å². The van der Waals surface area contributed by atoms with Crippen LogP contribution in [0.5, 0.6) is 0 Å². The molecule has 0 radical (unpaired) electrons. The van der Waals surface area contributed by atoms with E-state index in [4.69, 9.17) is 5.73 Å². The number of hydrogen-bond acceptors (Lipinski definition) is 2. The second-order valence-corrected chi connectivity index (χ2v) is 4.33. The van der Waals surface area contributed by atoms with E-state index in [2.05, 4.69) is 4.90 Å². The van der Waals surface area contributed by atoms with Crippen LogP contribution in [0.4, 0.5) is 0 Å². The Morgan fingerprint density at radius 1 is 1.00 bits per heavy atom. The molecular weight excluding hydrogens is 148 g/mol. The second kappa shape index (κ2) is 3.35. The van der Waals surface area contributed by atoms with E-state index >= 15 is 0 Å². The number of nitrogens with zero attached hydrogens (tertiary/aromatic N) is 1. The summed E-state index contributed by atoms with van der Waals surface area (Å²) in [5.41, 5.74) is 6.33. The Morgan fingerprint density at radius 2 is 1.75 bits per heavy atom. The lowest BCUT2D eigenvalue weighted by Gasteiger charge is -2.36. The molecule has 2 rings (SSSR count). The van der Waals surface area contributed by atoms with Gasteiger partial charge in [-0.3, -0.25) is 4.90 Å². The van der Waals surface area contributed by atoms with Crippen LogP contribution in [-0.2, 0) is 0 Å². The molecule has 0 saturated carbocycles. The van der Waals surface area contributed by atoms with Crippen molar-refractivity contribution in [2.75, 3.05) is 19.6 Å². The van der Waals surface area contributed by atoms with E-state index in [1.165, 1.54) is 51.6 Å². The van der Waals surface area contributed by atoms with Gasteiger partial charge in [-0.15, -0.1) is 0 Å². The van der Waals surface area contributed by atoms with Gasteiger partial charge in [-0.1, -0.05) is 12.8 Å². The van der Waals surface area contributed by atoms with Crippen LogP contribution in [-0.4, -0.2) is 30.1 Å². The highest BCUT2D eigenvalue weighted by Gasteiger charge is 2.39. The van der Waals surface area contributed by atoms with Crippen molar-refractivity contribution in [1.29, 1.82) is 0 Å². The Bertz CT molecular complexity index is 158. The Balaban J connectivity index is 2.11. The first-order valence-corrected chi connectivity index (χ1v) is 5.32. The molecule has 1 atom stereocenters. The lowest BCUT2D eigenvalue weighted by molar-refractivity contribution is 0.147. The predicted octanol–water partition coefficient (Wildman–Crippen LogP) is 1.35. The van der Waals surface area contributed by atoms with Gasteiger partial charge in [0.1, 0.15) is 0 Å². The van der Waals surface area contributed by atoms with Crippen molar-refractivity contribution in [2.45, 2.75) is 44.1 Å². The monoisotopic (exact) mass is 168 g/mol. The molecule has 1 unspecified atom stereocenters. The largest absolute Gasteiger partial charge is 0.329 e. The molecular formula is C10H20N2. The molecule has 2 aliphatic heterocycles. The average molecular weight is 168 g/mol. The van der Waals surface area contributed by atoms with Gasteiger partial charge in [0.25, 0.3) is 0 Å². The van der Waals surface area contributed by atoms with Crippen LogP contribution in [0.3, 0.4) is 0 Å². The van der Waals surface area contributed by atoms with E-state index in [9.17, 15) is 0 Å². The first-order valence-electron chi connectivity index (χ1n) is 5.32. The number of nitrogens with two attached hydrogens (primary N) is 1. The van der Waals surface area contributed by atoms with Crippen LogP contribution in [0.15, 0.2) is 0 Å². The van der Waals surface area contributed by atoms with Crippen LogP contribution >= 0.6 is 0 Å². The van der Waals surface area contributed by atoms with Crippen molar-refractivity contribution in [3.63, 3.8) is 0 Å². The highest BCUT2D eigenvalue weighted by Crippen LogP contribution is 2.35. The molecule has 2 nitrogen and oxygen atoms in total. The number of fused-ring (bicyclic) bond motifs is 1. The maximum absolute atomic E-state index is 5.91. The topological polar surface area (TPSA) is 29.3 Å². The Morgan fingerprint density at radius 3 is 2.58 bits per heavy atom. The van der Waals surface area contributed by atoms with Crippen LogP contribution in [0.25, 0.3) is 0 Å². The molecule has 2 heteroatoms. The predicted molar refractivity (Wildman–Crippen MR) is 51.1 cm³/mol. The Labute approximate surface area is 75.1 Å². The smallest absolute Gasteiger partial charge is 0.0332 e. The van der Waals surface area contributed by atoms with Gasteiger partial charge < -0.3 is 5.73 Å². The normalized spacial score (nSPS) is 37.8. The second-order valence-electron chi connectivity index (χ2n) is 4.33. The maximum Gasteiger partial charge on any atom is 0.0332 e. The summed E-state index contributed by atoms with van der Waals surface area (Å²) in [4.78, 5) is 2.65. The lowest BCUT2D eigenvalue weighted by atomic mass is 9.91. The molecule has 12 heavy (non-hydrogen) atoms. The molecule has 2 N–H and O–H groups in total. The maximum atomic E-state index is 5.91. The summed E-state index contributed by atoms with van der Waals surface area (Å²) in [5, 5.41) is 0. The van der Waals surface area contributed by atoms with E-state index in [1.54, 1.807) is 0 Å². The fourth-order valence-electron chi connectivity index (χ4n) is 2.89. The molecule has 0 aromatic rings. The highest BCUT2D eigenvalue weighted by atomic mass is 15.2. The van der Waals surface area contributed by atoms with Crippen LogP contribution in [0.1, 0.15) is 38.5 Å². The van der Waals surface area contributed by atoms with Gasteiger partial charge >= 0.3 is 0 Å². The zero-order chi connectivity index (χ0) is 8.44. The Hall–Kier alpha value is -0.0800. The van der Waals surface area contributed by atoms with Crippen molar-refractivity contribution >= 4 is 0 Å². The van der Waals surface area contributed by atoms with E-state index in [0.29, 0.717) is 5.54 Å². The standard InChI is InChI=1S/C10H20N2/c11-9-10-5-2-1-3-7-12(10)8-4-6-10/h1-9,11H2. The third-order valence-electron chi connectivity index (χ3n) is 3.69. The minimum absolute atomic E-state index is 0.427. The zero-order valence-electron chi connectivity index (χ0n) is 7.89. The summed E-state index contributed by atoms with van der Waals surface area (Å²) in [7, 11) is 0. The minimum atomic E-state index is 0.427. The van der Waals surface area contributed by atoms with Gasteiger partial charge in [-0.05, 0) is 38.8 Å². The average Bonchev–Trinajstić information content (AvgIpc) is 2.40. The van der Waals surface area contributed by atoms with Gasteiger partial charge in [0, 0.05) is 12.1 Å². The quantitative estimate of drug-likeness (QED) is 0.640. The third kappa shape index (κ3) is 1.27. The molecule has 0 aliphatic carbocycles. The number of hydrogen-bond donors (Lipinski definition) is 1. The van der Waals surface area contributed by atoms with Gasteiger partial charge in [0.15, 0.2) is 0 Å². The molecule has 2 heterocycles. The van der Waals surface area contributed by atoms with Gasteiger partial charge in [0.2, 0.25) is 0 Å².